The third-order valence-corrected chi connectivity index (χ3v) is 2.28. The summed E-state index contributed by atoms with van der Waals surface area (Å²) in [5.41, 5.74) is 1.30. The summed E-state index contributed by atoms with van der Waals surface area (Å²) in [7, 11) is 0. The highest BCUT2D eigenvalue weighted by molar-refractivity contribution is 5.01. The molecule has 0 radical (unpaired) electrons. The van der Waals surface area contributed by atoms with Crippen LogP contribution in [-0.4, -0.2) is 15.6 Å². The largest absolute Gasteiger partial charge is 0.332 e. The fraction of sp³-hybridized carbons (Fsp3) is 0.625. The smallest absolute Gasteiger partial charge is 0.0949 e. The van der Waals surface area contributed by atoms with E-state index in [-0.39, 0.29) is 0 Å². The van der Waals surface area contributed by atoms with E-state index in [1.54, 1.807) is 0 Å². The predicted octanol–water partition coefficient (Wildman–Crippen LogP) is 0.765. The molecule has 2 rings (SSSR count). The lowest BCUT2D eigenvalue weighted by Gasteiger charge is -2.24. The van der Waals surface area contributed by atoms with E-state index >= 15 is 0 Å². The van der Waals surface area contributed by atoms with Crippen molar-refractivity contribution < 1.29 is 0 Å². The van der Waals surface area contributed by atoms with Crippen molar-refractivity contribution in [3.05, 3.63) is 18.2 Å². The van der Waals surface area contributed by atoms with Gasteiger partial charge in [0.25, 0.3) is 0 Å². The highest BCUT2D eigenvalue weighted by Crippen LogP contribution is 2.08. The van der Waals surface area contributed by atoms with Gasteiger partial charge in [-0.3, -0.25) is 0 Å². The zero-order chi connectivity index (χ0) is 7.68. The Labute approximate surface area is 66.4 Å². The van der Waals surface area contributed by atoms with Crippen LogP contribution in [0.2, 0.25) is 0 Å². The lowest BCUT2D eigenvalue weighted by atomic mass is 10.2. The Kier molecular flexibility index (Phi) is 1.66. The Morgan fingerprint density at radius 1 is 1.82 bits per heavy atom. The lowest BCUT2D eigenvalue weighted by molar-refractivity contribution is 0.384. The Balaban J connectivity index is 2.18. The van der Waals surface area contributed by atoms with Gasteiger partial charge in [0.1, 0.15) is 0 Å². The van der Waals surface area contributed by atoms with Crippen LogP contribution in [0.3, 0.4) is 0 Å². The molecular weight excluding hydrogens is 138 g/mol. The Bertz CT molecular complexity index is 241. The zero-order valence-corrected chi connectivity index (χ0v) is 6.75. The maximum Gasteiger partial charge on any atom is 0.0949 e. The molecule has 1 aromatic heterocycles. The minimum Gasteiger partial charge on any atom is -0.332 e. The fourth-order valence-corrected chi connectivity index (χ4v) is 1.48. The van der Waals surface area contributed by atoms with Crippen molar-refractivity contribution in [1.29, 1.82) is 0 Å². The molecule has 3 nitrogen and oxygen atoms in total. The third-order valence-electron chi connectivity index (χ3n) is 2.28. The number of aromatic nitrogens is 2. The molecule has 1 atom stereocenters. The second-order valence-corrected chi connectivity index (χ2v) is 3.02. The van der Waals surface area contributed by atoms with Gasteiger partial charge in [-0.15, -0.1) is 0 Å². The highest BCUT2D eigenvalue weighted by Gasteiger charge is 2.14. The van der Waals surface area contributed by atoms with Gasteiger partial charge in [-0.1, -0.05) is 6.92 Å². The van der Waals surface area contributed by atoms with Gasteiger partial charge in [-0.25, -0.2) is 4.98 Å². The molecule has 0 bridgehead atoms. The van der Waals surface area contributed by atoms with Crippen LogP contribution in [-0.2, 0) is 13.1 Å². The van der Waals surface area contributed by atoms with Crippen molar-refractivity contribution in [2.75, 3.05) is 0 Å². The average Bonchev–Trinajstić information content (AvgIpc) is 2.50. The first-order valence-corrected chi connectivity index (χ1v) is 4.12. The van der Waals surface area contributed by atoms with Crippen molar-refractivity contribution in [1.82, 2.24) is 14.9 Å². The number of hydrogen-bond acceptors (Lipinski definition) is 2. The molecule has 0 aromatic carbocycles. The van der Waals surface area contributed by atoms with Crippen LogP contribution in [0.4, 0.5) is 0 Å². The van der Waals surface area contributed by atoms with Crippen LogP contribution in [0.5, 0.6) is 0 Å². The van der Waals surface area contributed by atoms with Gasteiger partial charge in [0, 0.05) is 25.3 Å². The summed E-state index contributed by atoms with van der Waals surface area (Å²) in [6, 6.07) is 0.636. The SMILES string of the molecule is CC[C@@H]1Cn2cncc2CN1. The van der Waals surface area contributed by atoms with Gasteiger partial charge in [0.2, 0.25) is 0 Å². The predicted molar refractivity (Wildman–Crippen MR) is 43.1 cm³/mol. The molecule has 0 amide bonds. The molecular formula is C8H13N3. The van der Waals surface area contributed by atoms with E-state index in [9.17, 15) is 0 Å². The molecule has 0 aliphatic carbocycles. The Hall–Kier alpha value is -0.830. The Morgan fingerprint density at radius 2 is 2.73 bits per heavy atom. The van der Waals surface area contributed by atoms with E-state index in [4.69, 9.17) is 0 Å². The Morgan fingerprint density at radius 3 is 3.55 bits per heavy atom. The van der Waals surface area contributed by atoms with Crippen molar-refractivity contribution in [3.63, 3.8) is 0 Å². The average molecular weight is 151 g/mol. The van der Waals surface area contributed by atoms with E-state index in [0.29, 0.717) is 6.04 Å². The first-order chi connectivity index (χ1) is 5.40. The topological polar surface area (TPSA) is 29.9 Å². The normalized spacial score (nSPS) is 23.2. The van der Waals surface area contributed by atoms with Crippen LogP contribution in [0.1, 0.15) is 19.0 Å². The number of imidazole rings is 1. The van der Waals surface area contributed by atoms with Crippen molar-refractivity contribution in [3.8, 4) is 0 Å². The molecule has 1 N–H and O–H groups in total. The van der Waals surface area contributed by atoms with Gasteiger partial charge in [0.05, 0.1) is 12.0 Å². The summed E-state index contributed by atoms with van der Waals surface area (Å²) in [6.07, 6.45) is 5.04. The molecule has 1 aliphatic heterocycles. The molecule has 0 saturated heterocycles. The molecule has 0 spiro atoms. The number of hydrogen-bond donors (Lipinski definition) is 1. The van der Waals surface area contributed by atoms with Gasteiger partial charge < -0.3 is 9.88 Å². The minimum atomic E-state index is 0.636. The van der Waals surface area contributed by atoms with E-state index in [1.165, 1.54) is 12.1 Å². The molecule has 2 heterocycles. The van der Waals surface area contributed by atoms with E-state index in [0.717, 1.165) is 13.1 Å². The lowest BCUT2D eigenvalue weighted by Crippen LogP contribution is -2.37. The van der Waals surface area contributed by atoms with E-state index < -0.39 is 0 Å². The van der Waals surface area contributed by atoms with Crippen molar-refractivity contribution >= 4 is 0 Å². The standard InChI is InChI=1S/C8H13N3/c1-2-7-5-11-6-9-3-8(11)4-10-7/h3,6-7,10H,2,4-5H2,1H3/t7-/m1/s1. The molecule has 60 valence electrons. The molecule has 0 unspecified atom stereocenters. The maximum absolute atomic E-state index is 4.10. The van der Waals surface area contributed by atoms with Crippen LogP contribution in [0, 0.1) is 0 Å². The van der Waals surface area contributed by atoms with Gasteiger partial charge in [-0.05, 0) is 6.42 Å². The summed E-state index contributed by atoms with van der Waals surface area (Å²) >= 11 is 0. The third kappa shape index (κ3) is 1.16. The first kappa shape index (κ1) is 6.85. The monoisotopic (exact) mass is 151 g/mol. The number of nitrogens with zero attached hydrogens (tertiary/aromatic N) is 2. The number of nitrogens with one attached hydrogen (secondary N) is 1. The first-order valence-electron chi connectivity index (χ1n) is 4.12. The molecule has 1 aliphatic rings. The molecule has 0 saturated carbocycles. The highest BCUT2D eigenvalue weighted by atomic mass is 15.1. The molecule has 11 heavy (non-hydrogen) atoms. The number of rotatable bonds is 1. The molecule has 1 aromatic rings. The molecule has 0 fully saturated rings. The van der Waals surface area contributed by atoms with Gasteiger partial charge in [0.15, 0.2) is 0 Å². The summed E-state index contributed by atoms with van der Waals surface area (Å²) in [5, 5.41) is 3.45. The van der Waals surface area contributed by atoms with Crippen LogP contribution in [0.25, 0.3) is 0 Å². The molecule has 3 heteroatoms. The zero-order valence-electron chi connectivity index (χ0n) is 6.75. The van der Waals surface area contributed by atoms with Crippen molar-refractivity contribution in [2.45, 2.75) is 32.5 Å². The second-order valence-electron chi connectivity index (χ2n) is 3.02. The van der Waals surface area contributed by atoms with Crippen LogP contribution in [0.15, 0.2) is 12.5 Å². The summed E-state index contributed by atoms with van der Waals surface area (Å²) in [4.78, 5) is 4.10. The van der Waals surface area contributed by atoms with Crippen molar-refractivity contribution in [2.24, 2.45) is 0 Å². The van der Waals surface area contributed by atoms with E-state index in [2.05, 4.69) is 21.8 Å². The summed E-state index contributed by atoms with van der Waals surface area (Å²) < 4.78 is 2.23. The second kappa shape index (κ2) is 2.66. The van der Waals surface area contributed by atoms with Gasteiger partial charge >= 0.3 is 0 Å². The van der Waals surface area contributed by atoms with Gasteiger partial charge in [-0.2, -0.15) is 0 Å². The van der Waals surface area contributed by atoms with Crippen LogP contribution >= 0.6 is 0 Å². The quantitative estimate of drug-likeness (QED) is 0.642. The minimum absolute atomic E-state index is 0.636. The van der Waals surface area contributed by atoms with E-state index in [1.807, 2.05) is 12.5 Å². The summed E-state index contributed by atoms with van der Waals surface area (Å²) in [5.74, 6) is 0. The van der Waals surface area contributed by atoms with Crippen LogP contribution < -0.4 is 5.32 Å². The number of fused-ring (bicyclic) bond motifs is 1. The maximum atomic E-state index is 4.10. The summed E-state index contributed by atoms with van der Waals surface area (Å²) in [6.45, 7) is 4.25. The fourth-order valence-electron chi connectivity index (χ4n) is 1.48.